The van der Waals surface area contributed by atoms with Crippen molar-refractivity contribution in [2.45, 2.75) is 0 Å². The van der Waals surface area contributed by atoms with Gasteiger partial charge in [0.05, 0.1) is 0 Å². The van der Waals surface area contributed by atoms with Gasteiger partial charge in [-0.05, 0) is 0 Å². The van der Waals surface area contributed by atoms with Crippen molar-refractivity contribution < 1.29 is 21.4 Å². The van der Waals surface area contributed by atoms with Gasteiger partial charge in [0.1, 0.15) is 0 Å². The summed E-state index contributed by atoms with van der Waals surface area (Å²) in [7, 11) is -7.87. The van der Waals surface area contributed by atoms with Crippen LogP contribution in [0.5, 0.6) is 0 Å². The highest BCUT2D eigenvalue weighted by molar-refractivity contribution is 8.04. The van der Waals surface area contributed by atoms with E-state index in [2.05, 4.69) is 6.58 Å². The Kier molecular flexibility index (Phi) is 2.35. The predicted octanol–water partition coefficient (Wildman–Crippen LogP) is -1.04. The van der Waals surface area contributed by atoms with E-state index < -0.39 is 25.1 Å². The van der Waals surface area contributed by atoms with Crippen molar-refractivity contribution in [2.24, 2.45) is 0 Å². The van der Waals surface area contributed by atoms with E-state index in [1.807, 2.05) is 0 Å². The van der Waals surface area contributed by atoms with E-state index in [0.29, 0.717) is 0 Å². The Balaban J connectivity index is 4.88. The highest BCUT2D eigenvalue weighted by Crippen LogP contribution is 1.98. The smallest absolute Gasteiger partial charge is 0.281 e. The first-order chi connectivity index (χ1) is 3.85. The zero-order valence-electron chi connectivity index (χ0n) is 4.14. The van der Waals surface area contributed by atoms with Gasteiger partial charge >= 0.3 is 10.1 Å². The molecule has 7 heteroatoms. The summed E-state index contributed by atoms with van der Waals surface area (Å²) in [6, 6.07) is 0. The van der Waals surface area contributed by atoms with Crippen LogP contribution < -0.4 is 0 Å². The summed E-state index contributed by atoms with van der Waals surface area (Å²) in [5, 5.41) is 0. The Morgan fingerprint density at radius 1 is 1.44 bits per heavy atom. The molecule has 9 heavy (non-hydrogen) atoms. The molecule has 1 N–H and O–H groups in total. The Labute approximate surface area is 53.7 Å². The molecule has 0 amide bonds. The minimum atomic E-state index is -4.59. The van der Waals surface area contributed by atoms with Gasteiger partial charge < -0.3 is 0 Å². The maximum Gasteiger partial charge on any atom is 0.304 e. The molecule has 0 aliphatic heterocycles. The summed E-state index contributed by atoms with van der Waals surface area (Å²) in [5.74, 6) is 0. The van der Waals surface area contributed by atoms with Crippen LogP contribution in [0, 0.1) is 0 Å². The van der Waals surface area contributed by atoms with Gasteiger partial charge in [0.25, 0.3) is 0 Å². The van der Waals surface area contributed by atoms with Crippen LogP contribution in [0.15, 0.2) is 10.8 Å². The number of thiol groups is 1. The van der Waals surface area contributed by atoms with Gasteiger partial charge in [0, 0.05) is 0 Å². The van der Waals surface area contributed by atoms with Gasteiger partial charge in [0.15, 0.2) is 14.9 Å². The van der Waals surface area contributed by atoms with Crippen LogP contribution in [0.3, 0.4) is 0 Å². The molecule has 0 aromatic rings. The fraction of sp³-hybridized carbons (Fsp3) is 0. The van der Waals surface area contributed by atoms with E-state index in [0.717, 1.165) is 0 Å². The molecule has 0 fully saturated rings. The lowest BCUT2D eigenvalue weighted by Crippen LogP contribution is -2.00. The molecule has 0 bridgehead atoms. The van der Waals surface area contributed by atoms with Gasteiger partial charge in [-0.3, -0.25) is 4.55 Å². The van der Waals surface area contributed by atoms with E-state index in [9.17, 15) is 16.8 Å². The first-order valence-corrected chi connectivity index (χ1v) is 4.28. The number of hydrogen-bond donors (Lipinski definition) is 2. The minimum absolute atomic E-state index is 1.18. The monoisotopic (exact) mass is 172 g/mol. The lowest BCUT2D eigenvalue weighted by Gasteiger charge is -1.86. The number of rotatable bonds is 2. The first kappa shape index (κ1) is 8.60. The van der Waals surface area contributed by atoms with Gasteiger partial charge in [-0.2, -0.15) is 8.42 Å². The van der Waals surface area contributed by atoms with Gasteiger partial charge in [-0.25, -0.2) is 8.42 Å². The molecule has 0 atom stereocenters. The van der Waals surface area contributed by atoms with Crippen molar-refractivity contribution in [3.8, 4) is 0 Å². The summed E-state index contributed by atoms with van der Waals surface area (Å²) < 4.78 is 45.9. The van der Waals surface area contributed by atoms with E-state index in [4.69, 9.17) is 4.55 Å². The molecule has 0 saturated heterocycles. The number of hydrogen-bond acceptors (Lipinski definition) is 4. The molecular formula is C2H4O5S2. The largest absolute Gasteiger partial charge is 0.304 e. The first-order valence-electron chi connectivity index (χ1n) is 1.66. The van der Waals surface area contributed by atoms with Crippen molar-refractivity contribution in [1.29, 1.82) is 0 Å². The quantitative estimate of drug-likeness (QED) is 0.410. The lowest BCUT2D eigenvalue weighted by molar-refractivity contribution is 0.493. The zero-order valence-corrected chi connectivity index (χ0v) is 5.85. The third-order valence-corrected chi connectivity index (χ3v) is 2.64. The van der Waals surface area contributed by atoms with Crippen LogP contribution in [0.4, 0.5) is 0 Å². The molecule has 54 valence electrons. The Bertz CT molecular complexity index is 272. The van der Waals surface area contributed by atoms with Crippen molar-refractivity contribution in [3.05, 3.63) is 10.8 Å². The standard InChI is InChI=1S/C2H4O5S2/c1-2(8(3)4)9(5,6)7/h8H,1H2,(H,5,6,7). The van der Waals surface area contributed by atoms with Gasteiger partial charge in [-0.15, -0.1) is 0 Å². The van der Waals surface area contributed by atoms with E-state index in [1.165, 1.54) is 0 Å². The van der Waals surface area contributed by atoms with Crippen LogP contribution in [0.25, 0.3) is 0 Å². The normalized spacial score (nSPS) is 11.8. The average molecular weight is 172 g/mol. The second-order valence-electron chi connectivity index (χ2n) is 1.13. The molecule has 0 aliphatic rings. The summed E-state index contributed by atoms with van der Waals surface area (Å²) >= 11 is 0. The Morgan fingerprint density at radius 3 is 1.78 bits per heavy atom. The minimum Gasteiger partial charge on any atom is -0.281 e. The molecule has 0 saturated carbocycles. The van der Waals surface area contributed by atoms with Crippen LogP contribution in [0.2, 0.25) is 0 Å². The molecular weight excluding hydrogens is 168 g/mol. The Hall–Kier alpha value is -0.400. The molecule has 0 spiro atoms. The zero-order chi connectivity index (χ0) is 7.65. The molecule has 0 aromatic carbocycles. The van der Waals surface area contributed by atoms with Crippen molar-refractivity contribution in [1.82, 2.24) is 0 Å². The van der Waals surface area contributed by atoms with Crippen LogP contribution in [-0.2, 0) is 20.8 Å². The highest BCUT2D eigenvalue weighted by atomic mass is 32.3. The lowest BCUT2D eigenvalue weighted by atomic mass is 11.3. The topological polar surface area (TPSA) is 88.5 Å². The summed E-state index contributed by atoms with van der Waals surface area (Å²) in [6.45, 7) is 2.59. The fourth-order valence-corrected chi connectivity index (χ4v) is 0.848. The summed E-state index contributed by atoms with van der Waals surface area (Å²) in [5.41, 5.74) is 0. The second kappa shape index (κ2) is 2.46. The molecule has 0 aliphatic carbocycles. The van der Waals surface area contributed by atoms with E-state index >= 15 is 0 Å². The third kappa shape index (κ3) is 2.59. The van der Waals surface area contributed by atoms with E-state index in [-0.39, 0.29) is 0 Å². The van der Waals surface area contributed by atoms with Gasteiger partial charge in [-0.1, -0.05) is 6.58 Å². The molecule has 5 nitrogen and oxygen atoms in total. The molecule has 0 aromatic heterocycles. The van der Waals surface area contributed by atoms with Crippen molar-refractivity contribution in [3.63, 3.8) is 0 Å². The second-order valence-corrected chi connectivity index (χ2v) is 3.93. The van der Waals surface area contributed by atoms with Gasteiger partial charge in [0.2, 0.25) is 0 Å². The van der Waals surface area contributed by atoms with Crippen LogP contribution in [0.1, 0.15) is 0 Å². The van der Waals surface area contributed by atoms with Crippen molar-refractivity contribution >= 4 is 20.8 Å². The molecule has 0 radical (unpaired) electrons. The molecule has 0 heterocycles. The summed E-state index contributed by atoms with van der Waals surface area (Å²) in [6.07, 6.45) is 0. The fourth-order valence-electron chi connectivity index (χ4n) is 0.0942. The van der Waals surface area contributed by atoms with Crippen molar-refractivity contribution in [2.75, 3.05) is 0 Å². The summed E-state index contributed by atoms with van der Waals surface area (Å²) in [4.78, 5) is 0. The van der Waals surface area contributed by atoms with Crippen LogP contribution in [-0.4, -0.2) is 21.4 Å². The van der Waals surface area contributed by atoms with E-state index in [1.54, 1.807) is 0 Å². The third-order valence-electron chi connectivity index (χ3n) is 0.501. The highest BCUT2D eigenvalue weighted by Gasteiger charge is 2.12. The van der Waals surface area contributed by atoms with Crippen LogP contribution >= 0.6 is 0 Å². The Morgan fingerprint density at radius 2 is 1.78 bits per heavy atom. The molecule has 0 rings (SSSR count). The maximum atomic E-state index is 9.84. The average Bonchev–Trinajstić information content (AvgIpc) is 1.62. The maximum absolute atomic E-state index is 9.84. The predicted molar refractivity (Wildman–Crippen MR) is 31.0 cm³/mol. The molecule has 0 unspecified atom stereocenters. The SMILES string of the molecule is C=C([SH](=O)=O)S(=O)(=O)O.